The minimum atomic E-state index is -0.143. The van der Waals surface area contributed by atoms with Crippen LogP contribution in [-0.2, 0) is 6.54 Å². The summed E-state index contributed by atoms with van der Waals surface area (Å²) >= 11 is 8.12. The minimum Gasteiger partial charge on any atom is -0.354 e. The van der Waals surface area contributed by atoms with Crippen molar-refractivity contribution in [1.82, 2.24) is 30.4 Å². The maximum atomic E-state index is 11.8. The van der Waals surface area contributed by atoms with Crippen LogP contribution in [0, 0.1) is 0 Å². The third-order valence-corrected chi connectivity index (χ3v) is 7.46. The highest BCUT2D eigenvalue weighted by Gasteiger charge is 2.14. The van der Waals surface area contributed by atoms with Gasteiger partial charge in [0.05, 0.1) is 16.1 Å². The predicted octanol–water partition coefficient (Wildman–Crippen LogP) is 4.27. The van der Waals surface area contributed by atoms with E-state index in [-0.39, 0.29) is 6.03 Å². The van der Waals surface area contributed by atoms with Gasteiger partial charge in [-0.1, -0.05) is 30.7 Å². The van der Waals surface area contributed by atoms with Gasteiger partial charge in [0, 0.05) is 50.5 Å². The van der Waals surface area contributed by atoms with E-state index in [1.807, 2.05) is 13.0 Å². The van der Waals surface area contributed by atoms with Crippen molar-refractivity contribution in [3.8, 4) is 10.6 Å². The first-order chi connectivity index (χ1) is 17.0. The van der Waals surface area contributed by atoms with E-state index in [9.17, 15) is 4.79 Å². The molecule has 1 aliphatic rings. The van der Waals surface area contributed by atoms with E-state index < -0.39 is 0 Å². The SMILES string of the molecule is CCCNC(=O)NCc1ccc2cc(-c3nc(NCCCN4CCN(C)CC4)ncc3Cl)sc2c1. The summed E-state index contributed by atoms with van der Waals surface area (Å²) in [5.74, 6) is 0.600. The molecule has 2 aromatic heterocycles. The van der Waals surface area contributed by atoms with Gasteiger partial charge >= 0.3 is 6.03 Å². The second kappa shape index (κ2) is 12.5. The van der Waals surface area contributed by atoms with Crippen LogP contribution in [0.1, 0.15) is 25.3 Å². The van der Waals surface area contributed by atoms with Gasteiger partial charge < -0.3 is 25.8 Å². The van der Waals surface area contributed by atoms with E-state index in [0.29, 0.717) is 24.1 Å². The summed E-state index contributed by atoms with van der Waals surface area (Å²) in [5.41, 5.74) is 1.79. The molecule has 3 N–H and O–H groups in total. The Balaban J connectivity index is 1.36. The molecule has 4 rings (SSSR count). The van der Waals surface area contributed by atoms with Crippen molar-refractivity contribution in [2.75, 3.05) is 58.2 Å². The van der Waals surface area contributed by atoms with Crippen LogP contribution in [-0.4, -0.2) is 78.7 Å². The highest BCUT2D eigenvalue weighted by molar-refractivity contribution is 7.22. The number of aromatic nitrogens is 2. The standard InChI is InChI=1S/C25H34ClN7OS/c1-3-7-28-25(34)30-16-18-5-6-19-15-22(35-21(19)14-18)23-20(26)17-29-24(31-23)27-8-4-9-33-12-10-32(2)11-13-33/h5-6,14-15,17H,3-4,7-13,16H2,1-2H3,(H,27,29,31)(H2,28,30,34). The van der Waals surface area contributed by atoms with Crippen LogP contribution in [0.3, 0.4) is 0 Å². The van der Waals surface area contributed by atoms with E-state index in [1.54, 1.807) is 17.5 Å². The van der Waals surface area contributed by atoms with Gasteiger partial charge in [-0.25, -0.2) is 14.8 Å². The molecule has 1 saturated heterocycles. The Morgan fingerprint density at radius 3 is 2.77 bits per heavy atom. The Labute approximate surface area is 216 Å². The monoisotopic (exact) mass is 515 g/mol. The molecule has 35 heavy (non-hydrogen) atoms. The number of carbonyl (C=O) groups is 1. The molecule has 8 nitrogen and oxygen atoms in total. The third-order valence-electron chi connectivity index (χ3n) is 6.08. The number of hydrogen-bond donors (Lipinski definition) is 3. The lowest BCUT2D eigenvalue weighted by molar-refractivity contribution is 0.154. The Kier molecular flexibility index (Phi) is 9.14. The molecule has 3 heterocycles. The Bertz CT molecular complexity index is 1130. The van der Waals surface area contributed by atoms with Gasteiger partial charge in [0.1, 0.15) is 5.69 Å². The number of piperazine rings is 1. The molecular weight excluding hydrogens is 482 g/mol. The number of rotatable bonds is 10. The number of thiophene rings is 1. The highest BCUT2D eigenvalue weighted by Crippen LogP contribution is 2.36. The summed E-state index contributed by atoms with van der Waals surface area (Å²) < 4.78 is 1.13. The topological polar surface area (TPSA) is 85.4 Å². The molecule has 0 atom stereocenters. The molecular formula is C25H34ClN7OS. The summed E-state index contributed by atoms with van der Waals surface area (Å²) in [4.78, 5) is 26.8. The average Bonchev–Trinajstić information content (AvgIpc) is 3.29. The average molecular weight is 516 g/mol. The fraction of sp³-hybridized carbons (Fsp3) is 0.480. The first-order valence-corrected chi connectivity index (χ1v) is 13.4. The Morgan fingerprint density at radius 1 is 1.14 bits per heavy atom. The molecule has 0 bridgehead atoms. The van der Waals surface area contributed by atoms with Crippen molar-refractivity contribution in [1.29, 1.82) is 0 Å². The van der Waals surface area contributed by atoms with Crippen molar-refractivity contribution in [2.45, 2.75) is 26.3 Å². The summed E-state index contributed by atoms with van der Waals surface area (Å²) in [5, 5.41) is 10.7. The Morgan fingerprint density at radius 2 is 1.97 bits per heavy atom. The fourth-order valence-electron chi connectivity index (χ4n) is 3.99. The van der Waals surface area contributed by atoms with Crippen LogP contribution in [0.5, 0.6) is 0 Å². The van der Waals surface area contributed by atoms with Crippen molar-refractivity contribution >= 4 is 45.0 Å². The first-order valence-electron chi connectivity index (χ1n) is 12.2. The molecule has 188 valence electrons. The maximum Gasteiger partial charge on any atom is 0.315 e. The molecule has 3 aromatic rings. The van der Waals surface area contributed by atoms with Gasteiger partial charge in [-0.3, -0.25) is 0 Å². The van der Waals surface area contributed by atoms with Gasteiger partial charge in [0.2, 0.25) is 5.95 Å². The largest absolute Gasteiger partial charge is 0.354 e. The van der Waals surface area contributed by atoms with Crippen LogP contribution in [0.4, 0.5) is 10.7 Å². The molecule has 0 aliphatic carbocycles. The minimum absolute atomic E-state index is 0.143. The van der Waals surface area contributed by atoms with E-state index in [1.165, 1.54) is 0 Å². The summed E-state index contributed by atoms with van der Waals surface area (Å²) in [7, 11) is 2.18. The lowest BCUT2D eigenvalue weighted by Crippen LogP contribution is -2.44. The van der Waals surface area contributed by atoms with Crippen molar-refractivity contribution < 1.29 is 4.79 Å². The van der Waals surface area contributed by atoms with Crippen LogP contribution in [0.15, 0.2) is 30.5 Å². The van der Waals surface area contributed by atoms with Crippen LogP contribution >= 0.6 is 22.9 Å². The lowest BCUT2D eigenvalue weighted by Gasteiger charge is -2.32. The first kappa shape index (κ1) is 25.6. The molecule has 1 aliphatic heterocycles. The van der Waals surface area contributed by atoms with Gasteiger partial charge in [0.15, 0.2) is 0 Å². The number of anilines is 1. The molecule has 0 spiro atoms. The number of nitrogens with one attached hydrogen (secondary N) is 3. The number of carbonyl (C=O) groups excluding carboxylic acids is 1. The van der Waals surface area contributed by atoms with Gasteiger partial charge in [-0.2, -0.15) is 0 Å². The van der Waals surface area contributed by atoms with E-state index in [4.69, 9.17) is 16.6 Å². The highest BCUT2D eigenvalue weighted by atomic mass is 35.5. The van der Waals surface area contributed by atoms with Crippen LogP contribution in [0.25, 0.3) is 20.7 Å². The molecule has 0 saturated carbocycles. The number of benzene rings is 1. The molecule has 1 aromatic carbocycles. The van der Waals surface area contributed by atoms with Gasteiger partial charge in [-0.15, -0.1) is 11.3 Å². The maximum absolute atomic E-state index is 11.8. The molecule has 0 radical (unpaired) electrons. The zero-order valence-corrected chi connectivity index (χ0v) is 22.0. The van der Waals surface area contributed by atoms with Crippen LogP contribution < -0.4 is 16.0 Å². The molecule has 10 heteroatoms. The Hall–Kier alpha value is -2.46. The second-order valence-corrected chi connectivity index (χ2v) is 10.4. The van der Waals surface area contributed by atoms with Crippen molar-refractivity contribution in [2.24, 2.45) is 0 Å². The molecule has 1 fully saturated rings. The summed E-state index contributed by atoms with van der Waals surface area (Å²) in [6, 6.07) is 8.18. The number of urea groups is 1. The van der Waals surface area contributed by atoms with Crippen LogP contribution in [0.2, 0.25) is 5.02 Å². The number of nitrogens with zero attached hydrogens (tertiary/aromatic N) is 4. The van der Waals surface area contributed by atoms with E-state index in [2.05, 4.69) is 56.0 Å². The predicted molar refractivity (Wildman–Crippen MR) is 145 cm³/mol. The number of likely N-dealkylation sites (N-methyl/N-ethyl adjacent to an activating group) is 1. The molecule has 0 unspecified atom stereocenters. The zero-order chi connectivity index (χ0) is 24.6. The fourth-order valence-corrected chi connectivity index (χ4v) is 5.36. The number of amides is 2. The van der Waals surface area contributed by atoms with E-state index >= 15 is 0 Å². The number of hydrogen-bond acceptors (Lipinski definition) is 7. The molecule has 2 amide bonds. The number of fused-ring (bicyclic) bond motifs is 1. The summed E-state index contributed by atoms with van der Waals surface area (Å²) in [6.07, 6.45) is 3.62. The third kappa shape index (κ3) is 7.27. The quantitative estimate of drug-likeness (QED) is 0.350. The second-order valence-electron chi connectivity index (χ2n) is 8.91. The van der Waals surface area contributed by atoms with Crippen molar-refractivity contribution in [3.05, 3.63) is 41.0 Å². The summed E-state index contributed by atoms with van der Waals surface area (Å²) in [6.45, 7) is 9.62. The zero-order valence-electron chi connectivity index (χ0n) is 20.4. The normalized spacial score (nSPS) is 14.8. The smallest absolute Gasteiger partial charge is 0.315 e. The van der Waals surface area contributed by atoms with Gasteiger partial charge in [-0.05, 0) is 49.5 Å². The van der Waals surface area contributed by atoms with Crippen molar-refractivity contribution in [3.63, 3.8) is 0 Å². The number of halogens is 1. The van der Waals surface area contributed by atoms with Gasteiger partial charge in [0.25, 0.3) is 0 Å². The lowest BCUT2D eigenvalue weighted by atomic mass is 10.1. The van der Waals surface area contributed by atoms with E-state index in [0.717, 1.165) is 78.3 Å².